The highest BCUT2D eigenvalue weighted by molar-refractivity contribution is 6.05. The summed E-state index contributed by atoms with van der Waals surface area (Å²) in [5.41, 5.74) is 4.69. The van der Waals surface area contributed by atoms with Crippen LogP contribution in [0.2, 0.25) is 0 Å². The number of hydrogen-bond donors (Lipinski definition) is 1. The Morgan fingerprint density at radius 2 is 1.72 bits per heavy atom. The van der Waals surface area contributed by atoms with Gasteiger partial charge in [-0.15, -0.1) is 0 Å². The Kier molecular flexibility index (Phi) is 5.33. The molecule has 180 valence electrons. The second-order valence-electron chi connectivity index (χ2n) is 9.07. The highest BCUT2D eigenvalue weighted by Crippen LogP contribution is 2.48. The number of methoxy groups -OCH3 is 2. The molecule has 3 aromatic carbocycles. The monoisotopic (exact) mass is 479 g/mol. The summed E-state index contributed by atoms with van der Waals surface area (Å²) in [6, 6.07) is 20.7. The number of amides is 2. The van der Waals surface area contributed by atoms with E-state index in [1.54, 1.807) is 25.4 Å². The summed E-state index contributed by atoms with van der Waals surface area (Å²) in [6.45, 7) is 0.537. The lowest BCUT2D eigenvalue weighted by atomic mass is 9.75. The molecule has 0 saturated carbocycles. The number of nitrogens with zero attached hydrogens (tertiary/aromatic N) is 2. The first kappa shape index (κ1) is 22.1. The van der Waals surface area contributed by atoms with Crippen molar-refractivity contribution in [2.75, 3.05) is 26.1 Å². The summed E-state index contributed by atoms with van der Waals surface area (Å²) in [6.07, 6.45) is 2.40. The molecule has 1 aromatic heterocycles. The third-order valence-corrected chi connectivity index (χ3v) is 7.17. The number of benzene rings is 3. The molecule has 4 aromatic rings. The minimum Gasteiger partial charge on any atom is -0.493 e. The van der Waals surface area contributed by atoms with Crippen molar-refractivity contribution in [3.8, 4) is 11.5 Å². The number of pyridine rings is 1. The predicted octanol–water partition coefficient (Wildman–Crippen LogP) is 4.73. The van der Waals surface area contributed by atoms with E-state index < -0.39 is 12.0 Å². The number of hydrogen-bond acceptors (Lipinski definition) is 5. The summed E-state index contributed by atoms with van der Waals surface area (Å²) < 4.78 is 11.0. The zero-order valence-corrected chi connectivity index (χ0v) is 20.0. The van der Waals surface area contributed by atoms with Crippen molar-refractivity contribution in [2.24, 2.45) is 0 Å². The third kappa shape index (κ3) is 3.47. The molecular weight excluding hydrogens is 454 g/mol. The van der Waals surface area contributed by atoms with E-state index >= 15 is 0 Å². The Bertz CT molecular complexity index is 1520. The molecule has 2 amide bonds. The molecule has 7 heteroatoms. The van der Waals surface area contributed by atoms with Crippen molar-refractivity contribution >= 4 is 28.4 Å². The van der Waals surface area contributed by atoms with E-state index in [4.69, 9.17) is 9.47 Å². The minimum absolute atomic E-state index is 0.109. The number of aromatic nitrogens is 1. The molecule has 6 rings (SSSR count). The molecule has 0 aliphatic carbocycles. The van der Waals surface area contributed by atoms with E-state index in [0.717, 1.165) is 28.5 Å². The molecule has 0 bridgehead atoms. The molecule has 3 heterocycles. The molecule has 2 unspecified atom stereocenters. The Morgan fingerprint density at radius 1 is 0.972 bits per heavy atom. The number of carbonyl (C=O) groups excluding carboxylic acids is 2. The Labute approximate surface area is 208 Å². The average Bonchev–Trinajstić information content (AvgIpc) is 2.92. The first-order chi connectivity index (χ1) is 17.6. The fourth-order valence-electron chi connectivity index (χ4n) is 5.49. The summed E-state index contributed by atoms with van der Waals surface area (Å²) in [7, 11) is 3.08. The number of carbonyl (C=O) groups is 2. The van der Waals surface area contributed by atoms with Gasteiger partial charge in [-0.1, -0.05) is 42.5 Å². The topological polar surface area (TPSA) is 80.8 Å². The van der Waals surface area contributed by atoms with Crippen LogP contribution < -0.4 is 14.8 Å². The van der Waals surface area contributed by atoms with Crippen molar-refractivity contribution in [1.82, 2.24) is 9.88 Å². The first-order valence-electron chi connectivity index (χ1n) is 11.9. The van der Waals surface area contributed by atoms with E-state index in [1.807, 2.05) is 53.4 Å². The number of fused-ring (bicyclic) bond motifs is 5. The van der Waals surface area contributed by atoms with Gasteiger partial charge in [0, 0.05) is 17.5 Å². The Hall–Kier alpha value is -4.39. The van der Waals surface area contributed by atoms with Crippen LogP contribution in [-0.4, -0.2) is 42.5 Å². The summed E-state index contributed by atoms with van der Waals surface area (Å²) in [4.78, 5) is 34.0. The highest BCUT2D eigenvalue weighted by Gasteiger charge is 2.47. The van der Waals surface area contributed by atoms with Crippen LogP contribution in [0.1, 0.15) is 39.0 Å². The van der Waals surface area contributed by atoms with Crippen LogP contribution in [0.3, 0.4) is 0 Å². The van der Waals surface area contributed by atoms with Crippen molar-refractivity contribution in [2.45, 2.75) is 18.4 Å². The minimum atomic E-state index is -0.648. The van der Waals surface area contributed by atoms with Gasteiger partial charge in [-0.3, -0.25) is 14.6 Å². The van der Waals surface area contributed by atoms with Gasteiger partial charge >= 0.3 is 0 Å². The molecule has 2 aliphatic rings. The third-order valence-electron chi connectivity index (χ3n) is 7.17. The lowest BCUT2D eigenvalue weighted by Crippen LogP contribution is -2.49. The fourth-order valence-corrected chi connectivity index (χ4v) is 5.49. The SMILES string of the molecule is COc1cc2c(cc1OC)C(C(=O)Nc1cnc3ccccc3c1)C1c3ccccc3CCN1C2=O. The zero-order valence-electron chi connectivity index (χ0n) is 20.0. The Balaban J connectivity index is 1.49. The van der Waals surface area contributed by atoms with E-state index in [2.05, 4.69) is 16.4 Å². The first-order valence-corrected chi connectivity index (χ1v) is 11.9. The standard InChI is InChI=1S/C29H25N3O4/c1-35-24-14-21-22(15-25(24)36-2)29(34)32-12-11-17-7-3-5-9-20(17)27(32)26(21)28(33)31-19-13-18-8-4-6-10-23(18)30-16-19/h3-10,13-16,26-27H,11-12H2,1-2H3,(H,31,33). The second kappa shape index (κ2) is 8.68. The van der Waals surface area contributed by atoms with Gasteiger partial charge in [-0.05, 0) is 47.4 Å². The maximum absolute atomic E-state index is 14.0. The van der Waals surface area contributed by atoms with Gasteiger partial charge in [-0.25, -0.2) is 0 Å². The molecule has 2 aliphatic heterocycles. The van der Waals surface area contributed by atoms with Crippen molar-refractivity contribution < 1.29 is 19.1 Å². The van der Waals surface area contributed by atoms with Gasteiger partial charge < -0.3 is 19.7 Å². The maximum atomic E-state index is 14.0. The predicted molar refractivity (Wildman–Crippen MR) is 137 cm³/mol. The van der Waals surface area contributed by atoms with Crippen LogP contribution in [0.15, 0.2) is 72.9 Å². The van der Waals surface area contributed by atoms with E-state index in [-0.39, 0.29) is 11.8 Å². The van der Waals surface area contributed by atoms with Crippen molar-refractivity contribution in [1.29, 1.82) is 0 Å². The molecular formula is C29H25N3O4. The molecule has 0 spiro atoms. The molecule has 0 fully saturated rings. The number of ether oxygens (including phenoxy) is 2. The van der Waals surface area contributed by atoms with Crippen LogP contribution in [0, 0.1) is 0 Å². The fraction of sp³-hybridized carbons (Fsp3) is 0.207. The van der Waals surface area contributed by atoms with Gasteiger partial charge in [-0.2, -0.15) is 0 Å². The maximum Gasteiger partial charge on any atom is 0.254 e. The summed E-state index contributed by atoms with van der Waals surface area (Å²) in [5, 5.41) is 4.01. The van der Waals surface area contributed by atoms with E-state index in [0.29, 0.717) is 34.9 Å². The quantitative estimate of drug-likeness (QED) is 0.458. The molecule has 2 atom stereocenters. The van der Waals surface area contributed by atoms with Gasteiger partial charge in [0.2, 0.25) is 5.91 Å². The smallest absolute Gasteiger partial charge is 0.254 e. The van der Waals surface area contributed by atoms with Gasteiger partial charge in [0.25, 0.3) is 5.91 Å². The molecule has 0 radical (unpaired) electrons. The zero-order chi connectivity index (χ0) is 24.8. The van der Waals surface area contributed by atoms with Crippen LogP contribution >= 0.6 is 0 Å². The van der Waals surface area contributed by atoms with Crippen LogP contribution in [0.4, 0.5) is 5.69 Å². The van der Waals surface area contributed by atoms with E-state index in [1.165, 1.54) is 7.11 Å². The van der Waals surface area contributed by atoms with Crippen molar-refractivity contribution in [3.63, 3.8) is 0 Å². The van der Waals surface area contributed by atoms with Crippen LogP contribution in [-0.2, 0) is 11.2 Å². The normalized spacial score (nSPS) is 18.2. The number of rotatable bonds is 4. The average molecular weight is 480 g/mol. The van der Waals surface area contributed by atoms with Gasteiger partial charge in [0.1, 0.15) is 0 Å². The number of nitrogens with one attached hydrogen (secondary N) is 1. The Morgan fingerprint density at radius 3 is 2.56 bits per heavy atom. The lowest BCUT2D eigenvalue weighted by molar-refractivity contribution is -0.119. The number of anilines is 1. The molecule has 36 heavy (non-hydrogen) atoms. The largest absolute Gasteiger partial charge is 0.493 e. The van der Waals surface area contributed by atoms with Crippen molar-refractivity contribution in [3.05, 3.63) is 95.2 Å². The summed E-state index contributed by atoms with van der Waals surface area (Å²) in [5.74, 6) is -0.0304. The lowest BCUT2D eigenvalue weighted by Gasteiger charge is -2.45. The highest BCUT2D eigenvalue weighted by atomic mass is 16.5. The van der Waals surface area contributed by atoms with Gasteiger partial charge in [0.15, 0.2) is 11.5 Å². The molecule has 7 nitrogen and oxygen atoms in total. The summed E-state index contributed by atoms with van der Waals surface area (Å²) >= 11 is 0. The van der Waals surface area contributed by atoms with Gasteiger partial charge in [0.05, 0.1) is 43.6 Å². The number of para-hydroxylation sites is 1. The van der Waals surface area contributed by atoms with Crippen LogP contribution in [0.5, 0.6) is 11.5 Å². The van der Waals surface area contributed by atoms with Crippen LogP contribution in [0.25, 0.3) is 10.9 Å². The molecule has 0 saturated heterocycles. The second-order valence-corrected chi connectivity index (χ2v) is 9.07. The van der Waals surface area contributed by atoms with E-state index in [9.17, 15) is 9.59 Å². The molecule has 1 N–H and O–H groups in total.